The van der Waals surface area contributed by atoms with Crippen molar-refractivity contribution in [2.24, 2.45) is 0 Å². The van der Waals surface area contributed by atoms with Crippen LogP contribution < -0.4 is 5.32 Å². The molecule has 4 nitrogen and oxygen atoms in total. The van der Waals surface area contributed by atoms with E-state index in [1.165, 1.54) is 11.3 Å². The Morgan fingerprint density at radius 3 is 3.05 bits per heavy atom. The molecule has 0 atom stereocenters. The van der Waals surface area contributed by atoms with Crippen molar-refractivity contribution in [1.29, 1.82) is 0 Å². The molecule has 2 aromatic rings. The largest absolute Gasteiger partial charge is 0.384 e. The third kappa shape index (κ3) is 3.67. The topological polar surface area (TPSA) is 62.2 Å². The van der Waals surface area contributed by atoms with Crippen molar-refractivity contribution >= 4 is 17.2 Å². The van der Waals surface area contributed by atoms with E-state index in [0.29, 0.717) is 12.1 Å². The van der Waals surface area contributed by atoms with Crippen molar-refractivity contribution in [3.8, 4) is 11.8 Å². The monoisotopic (exact) mass is 286 g/mol. The van der Waals surface area contributed by atoms with Gasteiger partial charge in [0.05, 0.1) is 6.54 Å². The van der Waals surface area contributed by atoms with Gasteiger partial charge in [0.25, 0.3) is 5.91 Å². The van der Waals surface area contributed by atoms with E-state index >= 15 is 0 Å². The molecule has 2 N–H and O–H groups in total. The number of carbonyl (C=O) groups excluding carboxylic acids is 1. The van der Waals surface area contributed by atoms with Crippen LogP contribution in [0.25, 0.3) is 0 Å². The molecule has 20 heavy (non-hydrogen) atoms. The number of rotatable bonds is 3. The van der Waals surface area contributed by atoms with Gasteiger partial charge in [-0.3, -0.25) is 4.79 Å². The fourth-order valence-corrected chi connectivity index (χ4v) is 2.19. The van der Waals surface area contributed by atoms with Gasteiger partial charge in [-0.1, -0.05) is 17.9 Å². The summed E-state index contributed by atoms with van der Waals surface area (Å²) in [5, 5.41) is 14.3. The van der Waals surface area contributed by atoms with E-state index in [-0.39, 0.29) is 12.5 Å². The molecule has 1 aromatic heterocycles. The molecule has 5 heteroatoms. The summed E-state index contributed by atoms with van der Waals surface area (Å²) >= 11 is 1.50. The number of carbonyl (C=O) groups is 1. The number of thiazole rings is 1. The summed E-state index contributed by atoms with van der Waals surface area (Å²) in [5.41, 5.74) is 2.28. The normalized spacial score (nSPS) is 9.70. The summed E-state index contributed by atoms with van der Waals surface area (Å²) in [4.78, 5) is 16.2. The van der Waals surface area contributed by atoms with Gasteiger partial charge in [-0.05, 0) is 24.6 Å². The Morgan fingerprint density at radius 1 is 1.50 bits per heavy atom. The summed E-state index contributed by atoms with van der Waals surface area (Å²) in [7, 11) is 0. The molecule has 1 aromatic carbocycles. The fraction of sp³-hybridized carbons (Fsp3) is 0.200. The van der Waals surface area contributed by atoms with Gasteiger partial charge in [0.15, 0.2) is 0 Å². The minimum absolute atomic E-state index is 0.160. The Bertz CT molecular complexity index is 654. The number of hydrogen-bond acceptors (Lipinski definition) is 4. The molecule has 0 aliphatic rings. The lowest BCUT2D eigenvalue weighted by Crippen LogP contribution is -2.22. The van der Waals surface area contributed by atoms with E-state index < -0.39 is 0 Å². The highest BCUT2D eigenvalue weighted by atomic mass is 32.1. The third-order valence-corrected chi connectivity index (χ3v) is 3.47. The summed E-state index contributed by atoms with van der Waals surface area (Å²) in [6, 6.07) is 5.34. The van der Waals surface area contributed by atoms with Gasteiger partial charge in [0.2, 0.25) is 0 Å². The molecule has 2 rings (SSSR count). The highest BCUT2D eigenvalue weighted by molar-refractivity contribution is 7.09. The maximum Gasteiger partial charge on any atom is 0.251 e. The van der Waals surface area contributed by atoms with Crippen LogP contribution in [0.5, 0.6) is 0 Å². The van der Waals surface area contributed by atoms with Gasteiger partial charge in [-0.25, -0.2) is 4.98 Å². The number of benzene rings is 1. The molecule has 0 saturated carbocycles. The van der Waals surface area contributed by atoms with Gasteiger partial charge in [-0.2, -0.15) is 0 Å². The van der Waals surface area contributed by atoms with E-state index in [4.69, 9.17) is 5.11 Å². The summed E-state index contributed by atoms with van der Waals surface area (Å²) in [6.45, 7) is 2.14. The summed E-state index contributed by atoms with van der Waals surface area (Å²) in [5.74, 6) is 5.27. The second-order valence-corrected chi connectivity index (χ2v) is 5.08. The Balaban J connectivity index is 2.09. The van der Waals surface area contributed by atoms with E-state index in [1.807, 2.05) is 18.4 Å². The Morgan fingerprint density at radius 2 is 2.35 bits per heavy atom. The molecule has 1 amide bonds. The van der Waals surface area contributed by atoms with Crippen molar-refractivity contribution in [2.45, 2.75) is 13.5 Å². The number of nitrogens with one attached hydrogen (secondary N) is 1. The van der Waals surface area contributed by atoms with Crippen LogP contribution in [0.3, 0.4) is 0 Å². The van der Waals surface area contributed by atoms with Gasteiger partial charge in [-0.15, -0.1) is 11.3 Å². The van der Waals surface area contributed by atoms with Crippen LogP contribution in [0, 0.1) is 18.8 Å². The zero-order valence-corrected chi connectivity index (χ0v) is 11.8. The first kappa shape index (κ1) is 14.3. The van der Waals surface area contributed by atoms with E-state index in [9.17, 15) is 4.79 Å². The van der Waals surface area contributed by atoms with Crippen molar-refractivity contribution in [3.05, 3.63) is 51.5 Å². The standard InChI is InChI=1S/C15H14N2O2S/c1-11-4-5-13(9-12(11)3-2-7-18)15(19)17-10-14-16-6-8-20-14/h4-6,8-9,18H,7,10H2,1H3,(H,17,19). The number of nitrogens with zero attached hydrogens (tertiary/aromatic N) is 1. The number of aliphatic hydroxyl groups excluding tert-OH is 1. The second-order valence-electron chi connectivity index (χ2n) is 4.10. The van der Waals surface area contributed by atoms with Gasteiger partial charge in [0, 0.05) is 22.7 Å². The predicted octanol–water partition coefficient (Wildman–Crippen LogP) is 1.73. The molecule has 1 heterocycles. The molecule has 0 aliphatic carbocycles. The van der Waals surface area contributed by atoms with Crippen LogP contribution in [0.4, 0.5) is 0 Å². The van der Waals surface area contributed by atoms with Crippen LogP contribution in [0.2, 0.25) is 0 Å². The Hall–Kier alpha value is -2.16. The van der Waals surface area contributed by atoms with Crippen molar-refractivity contribution < 1.29 is 9.90 Å². The average molecular weight is 286 g/mol. The number of hydrogen-bond donors (Lipinski definition) is 2. The van der Waals surface area contributed by atoms with Crippen molar-refractivity contribution in [1.82, 2.24) is 10.3 Å². The third-order valence-electron chi connectivity index (χ3n) is 2.69. The highest BCUT2D eigenvalue weighted by Crippen LogP contribution is 2.11. The lowest BCUT2D eigenvalue weighted by Gasteiger charge is -2.05. The van der Waals surface area contributed by atoms with Crippen LogP contribution in [-0.4, -0.2) is 22.6 Å². The molecule has 0 fully saturated rings. The molecule has 102 valence electrons. The van der Waals surface area contributed by atoms with E-state index in [1.54, 1.807) is 18.3 Å². The van der Waals surface area contributed by atoms with Crippen LogP contribution >= 0.6 is 11.3 Å². The number of aromatic nitrogens is 1. The molecule has 0 spiro atoms. The fourth-order valence-electron chi connectivity index (χ4n) is 1.63. The van der Waals surface area contributed by atoms with Crippen LogP contribution in [-0.2, 0) is 6.54 Å². The quantitative estimate of drug-likeness (QED) is 0.845. The zero-order chi connectivity index (χ0) is 14.4. The summed E-state index contributed by atoms with van der Waals surface area (Å²) in [6.07, 6.45) is 1.71. The number of amides is 1. The Kier molecular flexibility index (Phi) is 4.88. The number of aliphatic hydroxyl groups is 1. The SMILES string of the molecule is Cc1ccc(C(=O)NCc2nccs2)cc1C#CCO. The molecule has 0 bridgehead atoms. The highest BCUT2D eigenvalue weighted by Gasteiger charge is 2.07. The van der Waals surface area contributed by atoms with Gasteiger partial charge < -0.3 is 10.4 Å². The molecule has 0 radical (unpaired) electrons. The first-order valence-corrected chi connectivity index (χ1v) is 6.95. The smallest absolute Gasteiger partial charge is 0.251 e. The average Bonchev–Trinajstić information content (AvgIpc) is 2.97. The van der Waals surface area contributed by atoms with Crippen LogP contribution in [0.15, 0.2) is 29.8 Å². The van der Waals surface area contributed by atoms with Crippen molar-refractivity contribution in [3.63, 3.8) is 0 Å². The molecule has 0 aliphatic heterocycles. The molecular formula is C15H14N2O2S. The molecule has 0 unspecified atom stereocenters. The number of aryl methyl sites for hydroxylation is 1. The molecule has 0 saturated heterocycles. The predicted molar refractivity (Wildman–Crippen MR) is 78.4 cm³/mol. The van der Waals surface area contributed by atoms with E-state index in [2.05, 4.69) is 22.1 Å². The zero-order valence-electron chi connectivity index (χ0n) is 11.0. The van der Waals surface area contributed by atoms with E-state index in [0.717, 1.165) is 16.1 Å². The maximum absolute atomic E-state index is 12.0. The van der Waals surface area contributed by atoms with Crippen molar-refractivity contribution in [2.75, 3.05) is 6.61 Å². The van der Waals surface area contributed by atoms with Crippen LogP contribution in [0.1, 0.15) is 26.5 Å². The minimum Gasteiger partial charge on any atom is -0.384 e. The summed E-state index contributed by atoms with van der Waals surface area (Å²) < 4.78 is 0. The lowest BCUT2D eigenvalue weighted by molar-refractivity contribution is 0.0951. The minimum atomic E-state index is -0.195. The second kappa shape index (κ2) is 6.85. The first-order valence-electron chi connectivity index (χ1n) is 6.07. The first-order chi connectivity index (χ1) is 9.70. The Labute approximate surface area is 121 Å². The van der Waals surface area contributed by atoms with Gasteiger partial charge >= 0.3 is 0 Å². The lowest BCUT2D eigenvalue weighted by atomic mass is 10.0. The van der Waals surface area contributed by atoms with Gasteiger partial charge in [0.1, 0.15) is 11.6 Å². The maximum atomic E-state index is 12.0. The molecular weight excluding hydrogens is 272 g/mol.